The predicted octanol–water partition coefficient (Wildman–Crippen LogP) is 4.44. The SMILES string of the molecule is CC(C)(C)C(=O)Nc1ccc(C(=O)/C(=N/N)c2ccccc2OC(=O)c2ccccc2)cc1. The molecule has 3 aromatic carbocycles. The van der Waals surface area contributed by atoms with E-state index in [9.17, 15) is 14.4 Å². The van der Waals surface area contributed by atoms with E-state index in [-0.39, 0.29) is 17.4 Å². The van der Waals surface area contributed by atoms with Crippen molar-refractivity contribution in [2.75, 3.05) is 5.32 Å². The number of nitrogens with one attached hydrogen (secondary N) is 1. The van der Waals surface area contributed by atoms with Crippen LogP contribution in [-0.4, -0.2) is 23.4 Å². The molecular formula is C26H25N3O4. The number of amides is 1. The van der Waals surface area contributed by atoms with Crippen molar-refractivity contribution in [1.82, 2.24) is 0 Å². The number of hydrazone groups is 1. The van der Waals surface area contributed by atoms with Crippen molar-refractivity contribution in [3.63, 3.8) is 0 Å². The minimum absolute atomic E-state index is 0.0575. The monoisotopic (exact) mass is 443 g/mol. The summed E-state index contributed by atoms with van der Waals surface area (Å²) in [5, 5.41) is 6.49. The number of benzene rings is 3. The second kappa shape index (κ2) is 9.91. The second-order valence-electron chi connectivity index (χ2n) is 8.34. The van der Waals surface area contributed by atoms with Gasteiger partial charge in [-0.1, -0.05) is 51.1 Å². The van der Waals surface area contributed by atoms with Gasteiger partial charge in [-0.15, -0.1) is 0 Å². The summed E-state index contributed by atoms with van der Waals surface area (Å²) in [4.78, 5) is 37.8. The van der Waals surface area contributed by atoms with Gasteiger partial charge in [0.2, 0.25) is 11.7 Å². The minimum atomic E-state index is -0.564. The summed E-state index contributed by atoms with van der Waals surface area (Å²) >= 11 is 0. The molecule has 1 amide bonds. The lowest BCUT2D eigenvalue weighted by Crippen LogP contribution is -2.27. The molecule has 0 fully saturated rings. The fraction of sp³-hybridized carbons (Fsp3) is 0.154. The summed E-state index contributed by atoms with van der Waals surface area (Å²) in [6.07, 6.45) is 0. The molecule has 33 heavy (non-hydrogen) atoms. The first-order valence-corrected chi connectivity index (χ1v) is 10.3. The molecule has 3 N–H and O–H groups in total. The molecule has 0 unspecified atom stereocenters. The van der Waals surface area contributed by atoms with Gasteiger partial charge < -0.3 is 15.9 Å². The highest BCUT2D eigenvalue weighted by Crippen LogP contribution is 2.23. The lowest BCUT2D eigenvalue weighted by atomic mass is 9.95. The van der Waals surface area contributed by atoms with Gasteiger partial charge >= 0.3 is 5.97 Å². The van der Waals surface area contributed by atoms with Crippen LogP contribution in [-0.2, 0) is 4.79 Å². The number of anilines is 1. The maximum Gasteiger partial charge on any atom is 0.343 e. The Hall–Kier alpha value is -4.26. The zero-order chi connectivity index (χ0) is 24.0. The molecule has 3 aromatic rings. The van der Waals surface area contributed by atoms with Crippen molar-refractivity contribution in [2.24, 2.45) is 16.4 Å². The Balaban J connectivity index is 1.83. The van der Waals surface area contributed by atoms with E-state index in [0.29, 0.717) is 22.4 Å². The highest BCUT2D eigenvalue weighted by molar-refractivity contribution is 6.52. The van der Waals surface area contributed by atoms with Crippen molar-refractivity contribution in [3.8, 4) is 5.75 Å². The van der Waals surface area contributed by atoms with Crippen LogP contribution in [0.2, 0.25) is 0 Å². The van der Waals surface area contributed by atoms with Gasteiger partial charge in [0.1, 0.15) is 11.5 Å². The Morgan fingerprint density at radius 3 is 2.03 bits per heavy atom. The highest BCUT2D eigenvalue weighted by Gasteiger charge is 2.23. The number of esters is 1. The molecule has 7 nitrogen and oxygen atoms in total. The van der Waals surface area contributed by atoms with Gasteiger partial charge in [0.25, 0.3) is 0 Å². The fourth-order valence-electron chi connectivity index (χ4n) is 2.90. The summed E-state index contributed by atoms with van der Waals surface area (Å²) in [5.74, 6) is 4.58. The molecule has 0 atom stereocenters. The van der Waals surface area contributed by atoms with Crippen LogP contribution in [0.3, 0.4) is 0 Å². The molecular weight excluding hydrogens is 418 g/mol. The molecule has 0 aliphatic rings. The lowest BCUT2D eigenvalue weighted by Gasteiger charge is -2.17. The number of ether oxygens (including phenoxy) is 1. The van der Waals surface area contributed by atoms with Crippen molar-refractivity contribution in [3.05, 3.63) is 95.6 Å². The third-order valence-corrected chi connectivity index (χ3v) is 4.78. The third kappa shape index (κ3) is 5.71. The van der Waals surface area contributed by atoms with E-state index in [1.54, 1.807) is 78.9 Å². The molecule has 0 aromatic heterocycles. The first-order chi connectivity index (χ1) is 15.7. The normalized spacial score (nSPS) is 11.5. The maximum atomic E-state index is 13.1. The molecule has 0 bridgehead atoms. The first kappa shape index (κ1) is 23.4. The number of hydrogen-bond acceptors (Lipinski definition) is 6. The number of carbonyl (C=O) groups is 3. The van der Waals surface area contributed by atoms with E-state index in [1.165, 1.54) is 0 Å². The Kier molecular flexibility index (Phi) is 7.03. The Morgan fingerprint density at radius 2 is 1.42 bits per heavy atom. The van der Waals surface area contributed by atoms with Crippen LogP contribution in [0.4, 0.5) is 5.69 Å². The van der Waals surface area contributed by atoms with Gasteiger partial charge in [0.05, 0.1) is 5.56 Å². The topological polar surface area (TPSA) is 111 Å². The summed E-state index contributed by atoms with van der Waals surface area (Å²) in [6, 6.07) is 21.5. The number of ketones is 1. The van der Waals surface area contributed by atoms with E-state index in [0.717, 1.165) is 0 Å². The second-order valence-corrected chi connectivity index (χ2v) is 8.34. The van der Waals surface area contributed by atoms with E-state index < -0.39 is 17.2 Å². The first-order valence-electron chi connectivity index (χ1n) is 10.3. The van der Waals surface area contributed by atoms with E-state index in [4.69, 9.17) is 10.6 Å². The van der Waals surface area contributed by atoms with Crippen LogP contribution >= 0.6 is 0 Å². The van der Waals surface area contributed by atoms with Crippen LogP contribution in [0.5, 0.6) is 5.75 Å². The predicted molar refractivity (Wildman–Crippen MR) is 127 cm³/mol. The van der Waals surface area contributed by atoms with E-state index in [2.05, 4.69) is 10.4 Å². The molecule has 3 rings (SSSR count). The zero-order valence-electron chi connectivity index (χ0n) is 18.7. The maximum absolute atomic E-state index is 13.1. The summed E-state index contributed by atoms with van der Waals surface area (Å²) in [7, 11) is 0. The van der Waals surface area contributed by atoms with Crippen LogP contribution in [0.15, 0.2) is 84.0 Å². The molecule has 0 spiro atoms. The van der Waals surface area contributed by atoms with Crippen molar-refractivity contribution < 1.29 is 19.1 Å². The Bertz CT molecular complexity index is 1190. The van der Waals surface area contributed by atoms with Crippen LogP contribution in [0.25, 0.3) is 0 Å². The number of carbonyl (C=O) groups excluding carboxylic acids is 3. The average Bonchev–Trinajstić information content (AvgIpc) is 2.81. The fourth-order valence-corrected chi connectivity index (χ4v) is 2.90. The number of hydrogen-bond donors (Lipinski definition) is 2. The van der Waals surface area contributed by atoms with Crippen molar-refractivity contribution >= 4 is 29.1 Å². The van der Waals surface area contributed by atoms with Crippen molar-refractivity contribution in [2.45, 2.75) is 20.8 Å². The zero-order valence-corrected chi connectivity index (χ0v) is 18.7. The number of nitrogens with zero attached hydrogens (tertiary/aromatic N) is 1. The van der Waals surface area contributed by atoms with E-state index >= 15 is 0 Å². The van der Waals surface area contributed by atoms with Gasteiger partial charge in [-0.05, 0) is 48.5 Å². The highest BCUT2D eigenvalue weighted by atomic mass is 16.5. The average molecular weight is 444 g/mol. The van der Waals surface area contributed by atoms with Gasteiger partial charge in [0, 0.05) is 22.2 Å². The van der Waals surface area contributed by atoms with Gasteiger partial charge in [-0.25, -0.2) is 4.79 Å². The number of para-hydroxylation sites is 1. The molecule has 168 valence electrons. The van der Waals surface area contributed by atoms with Gasteiger partial charge in [-0.2, -0.15) is 5.10 Å². The quantitative estimate of drug-likeness (QED) is 0.146. The third-order valence-electron chi connectivity index (χ3n) is 4.78. The summed E-state index contributed by atoms with van der Waals surface area (Å²) < 4.78 is 5.52. The van der Waals surface area contributed by atoms with Crippen LogP contribution in [0, 0.1) is 5.41 Å². The summed E-state index contributed by atoms with van der Waals surface area (Å²) in [5.41, 5.74) is 0.941. The van der Waals surface area contributed by atoms with Crippen molar-refractivity contribution in [1.29, 1.82) is 0 Å². The molecule has 0 aliphatic heterocycles. The van der Waals surface area contributed by atoms with E-state index in [1.807, 2.05) is 20.8 Å². The number of rotatable bonds is 6. The smallest absolute Gasteiger partial charge is 0.343 e. The standard InChI is InChI=1S/C26H25N3O4/c1-26(2,3)25(32)28-19-15-13-17(14-16-19)23(30)22(29-27)20-11-7-8-12-21(20)33-24(31)18-9-5-4-6-10-18/h4-16H,27H2,1-3H3,(H,28,32)/b29-22+. The van der Waals surface area contributed by atoms with Gasteiger partial charge in [-0.3, -0.25) is 9.59 Å². The Labute approximate surface area is 192 Å². The number of Topliss-reactive ketones (excluding diaryl/α,β-unsaturated/α-hetero) is 1. The number of nitrogens with two attached hydrogens (primary N) is 1. The molecule has 0 aliphatic carbocycles. The van der Waals surface area contributed by atoms with Gasteiger partial charge in [0.15, 0.2) is 0 Å². The molecule has 7 heteroatoms. The Morgan fingerprint density at radius 1 is 0.818 bits per heavy atom. The molecule has 0 saturated carbocycles. The summed E-state index contributed by atoms with van der Waals surface area (Å²) in [6.45, 7) is 5.44. The molecule has 0 saturated heterocycles. The minimum Gasteiger partial charge on any atom is -0.422 e. The van der Waals surface area contributed by atoms with Crippen LogP contribution in [0.1, 0.15) is 47.1 Å². The molecule has 0 heterocycles. The van der Waals surface area contributed by atoms with Crippen LogP contribution < -0.4 is 15.9 Å². The largest absolute Gasteiger partial charge is 0.422 e. The molecule has 0 radical (unpaired) electrons. The lowest BCUT2D eigenvalue weighted by molar-refractivity contribution is -0.123.